The van der Waals surface area contributed by atoms with Crippen LogP contribution >= 0.6 is 11.3 Å². The Hall–Kier alpha value is -2.67. The number of nitrogens with one attached hydrogen (secondary N) is 1. The number of hydrogen-bond donors (Lipinski definition) is 1. The number of carbonyl (C=O) groups is 1. The van der Waals surface area contributed by atoms with Crippen molar-refractivity contribution < 1.29 is 9.53 Å². The second kappa shape index (κ2) is 13.0. The highest BCUT2D eigenvalue weighted by Gasteiger charge is 2.31. The van der Waals surface area contributed by atoms with Gasteiger partial charge in [0.2, 0.25) is 5.91 Å². The minimum Gasteiger partial charge on any atom is -0.485 e. The van der Waals surface area contributed by atoms with E-state index < -0.39 is 0 Å². The van der Waals surface area contributed by atoms with Gasteiger partial charge in [-0.1, -0.05) is 49.4 Å². The maximum Gasteiger partial charge on any atom is 0.226 e. The van der Waals surface area contributed by atoms with Gasteiger partial charge in [0.1, 0.15) is 11.9 Å². The maximum atomic E-state index is 12.9. The fourth-order valence-electron chi connectivity index (χ4n) is 5.14. The Morgan fingerprint density at radius 1 is 1.08 bits per heavy atom. The number of likely N-dealkylation sites (tertiary alicyclic amines) is 1. The van der Waals surface area contributed by atoms with E-state index in [0.717, 1.165) is 50.3 Å². The molecule has 1 N–H and O–H groups in total. The first-order valence-electron chi connectivity index (χ1n) is 13.2. The summed E-state index contributed by atoms with van der Waals surface area (Å²) in [4.78, 5) is 18.7. The van der Waals surface area contributed by atoms with Crippen molar-refractivity contribution in [2.24, 2.45) is 0 Å². The van der Waals surface area contributed by atoms with Crippen LogP contribution < -0.4 is 15.0 Å². The zero-order valence-electron chi connectivity index (χ0n) is 21.7. The molecule has 2 aromatic carbocycles. The van der Waals surface area contributed by atoms with Crippen LogP contribution in [0.1, 0.15) is 62.1 Å². The maximum absolute atomic E-state index is 12.9. The Bertz CT molecular complexity index is 1060. The first-order chi connectivity index (χ1) is 17.6. The van der Waals surface area contributed by atoms with Crippen molar-refractivity contribution in [3.63, 3.8) is 0 Å². The van der Waals surface area contributed by atoms with E-state index in [1.165, 1.54) is 10.4 Å². The third-order valence-corrected chi connectivity index (χ3v) is 8.14. The summed E-state index contributed by atoms with van der Waals surface area (Å²) in [6, 6.07) is 23.3. The molecular formula is C30H39N3O2S. The van der Waals surface area contributed by atoms with E-state index in [0.29, 0.717) is 6.42 Å². The summed E-state index contributed by atoms with van der Waals surface area (Å²) in [5, 5.41) is 5.38. The lowest BCUT2D eigenvalue weighted by molar-refractivity contribution is -0.119. The number of para-hydroxylation sites is 2. The molecule has 1 amide bonds. The smallest absolute Gasteiger partial charge is 0.226 e. The molecule has 2 atom stereocenters. The normalized spacial score (nSPS) is 16.4. The molecule has 1 unspecified atom stereocenters. The summed E-state index contributed by atoms with van der Waals surface area (Å²) in [5.74, 6) is 1.17. The van der Waals surface area contributed by atoms with Gasteiger partial charge in [-0.05, 0) is 63.0 Å². The second-order valence-electron chi connectivity index (χ2n) is 9.45. The number of anilines is 1. The molecule has 4 rings (SSSR count). The Kier molecular flexibility index (Phi) is 9.56. The minimum absolute atomic E-state index is 0.0380. The van der Waals surface area contributed by atoms with Crippen molar-refractivity contribution in [2.45, 2.75) is 57.7 Å². The fraction of sp³-hybridized carbons (Fsp3) is 0.433. The SMILES string of the molecule is CCC(=O)N(c1ccccc1)C1CCN([C@H](C)c2ccccc2OC(CCNC)c2cccs2)CC1. The van der Waals surface area contributed by atoms with E-state index in [4.69, 9.17) is 4.74 Å². The molecule has 192 valence electrons. The van der Waals surface area contributed by atoms with Crippen molar-refractivity contribution in [1.82, 2.24) is 10.2 Å². The summed E-state index contributed by atoms with van der Waals surface area (Å²) >= 11 is 1.75. The molecule has 1 aliphatic heterocycles. The Labute approximate surface area is 220 Å². The van der Waals surface area contributed by atoms with Crippen LogP contribution in [0.2, 0.25) is 0 Å². The van der Waals surface area contributed by atoms with Crippen molar-refractivity contribution in [3.8, 4) is 5.75 Å². The second-order valence-corrected chi connectivity index (χ2v) is 10.4. The highest BCUT2D eigenvalue weighted by Crippen LogP contribution is 2.36. The topological polar surface area (TPSA) is 44.8 Å². The lowest BCUT2D eigenvalue weighted by Gasteiger charge is -2.41. The van der Waals surface area contributed by atoms with E-state index >= 15 is 0 Å². The number of nitrogens with zero attached hydrogens (tertiary/aromatic N) is 2. The Morgan fingerprint density at radius 2 is 1.81 bits per heavy atom. The summed E-state index contributed by atoms with van der Waals surface area (Å²) in [6.07, 6.45) is 3.42. The van der Waals surface area contributed by atoms with Crippen LogP contribution in [0.25, 0.3) is 0 Å². The van der Waals surface area contributed by atoms with Crippen molar-refractivity contribution in [2.75, 3.05) is 31.6 Å². The zero-order valence-corrected chi connectivity index (χ0v) is 22.5. The van der Waals surface area contributed by atoms with Crippen LogP contribution in [0.3, 0.4) is 0 Å². The van der Waals surface area contributed by atoms with Gasteiger partial charge >= 0.3 is 0 Å². The summed E-state index contributed by atoms with van der Waals surface area (Å²) in [6.45, 7) is 7.04. The van der Waals surface area contributed by atoms with Crippen molar-refractivity contribution >= 4 is 22.9 Å². The largest absolute Gasteiger partial charge is 0.485 e. The Balaban J connectivity index is 1.46. The molecular weight excluding hydrogens is 466 g/mol. The average molecular weight is 506 g/mol. The van der Waals surface area contributed by atoms with Gasteiger partial charge in [-0.25, -0.2) is 0 Å². The number of piperidine rings is 1. The number of carbonyl (C=O) groups excluding carboxylic acids is 1. The van der Waals surface area contributed by atoms with Gasteiger partial charge in [-0.2, -0.15) is 0 Å². The summed E-state index contributed by atoms with van der Waals surface area (Å²) < 4.78 is 6.66. The quantitative estimate of drug-likeness (QED) is 0.325. The number of thiophene rings is 1. The average Bonchev–Trinajstić information content (AvgIpc) is 3.47. The third-order valence-electron chi connectivity index (χ3n) is 7.17. The number of amides is 1. The van der Waals surface area contributed by atoms with Crippen LogP contribution in [0.15, 0.2) is 72.1 Å². The van der Waals surface area contributed by atoms with E-state index in [9.17, 15) is 4.79 Å². The van der Waals surface area contributed by atoms with Crippen LogP contribution in [0.5, 0.6) is 5.75 Å². The molecule has 0 saturated carbocycles. The minimum atomic E-state index is 0.0380. The number of hydrogen-bond acceptors (Lipinski definition) is 5. The van der Waals surface area contributed by atoms with Crippen LogP contribution in [-0.2, 0) is 4.79 Å². The Morgan fingerprint density at radius 3 is 2.47 bits per heavy atom. The van der Waals surface area contributed by atoms with Crippen molar-refractivity contribution in [3.05, 3.63) is 82.6 Å². The lowest BCUT2D eigenvalue weighted by Crippen LogP contribution is -2.48. The predicted molar refractivity (Wildman–Crippen MR) is 150 cm³/mol. The van der Waals surface area contributed by atoms with Gasteiger partial charge < -0.3 is 15.0 Å². The molecule has 0 spiro atoms. The lowest BCUT2D eigenvalue weighted by atomic mass is 9.97. The van der Waals surface area contributed by atoms with Crippen LogP contribution in [-0.4, -0.2) is 43.5 Å². The molecule has 0 radical (unpaired) electrons. The molecule has 1 fully saturated rings. The van der Waals surface area contributed by atoms with Gasteiger partial charge in [0.15, 0.2) is 0 Å². The molecule has 0 aliphatic carbocycles. The van der Waals surface area contributed by atoms with E-state index in [1.54, 1.807) is 11.3 Å². The molecule has 2 heterocycles. The predicted octanol–water partition coefficient (Wildman–Crippen LogP) is 6.45. The monoisotopic (exact) mass is 505 g/mol. The van der Waals surface area contributed by atoms with E-state index in [-0.39, 0.29) is 24.1 Å². The van der Waals surface area contributed by atoms with E-state index in [1.807, 2.05) is 49.2 Å². The molecule has 1 saturated heterocycles. The number of ether oxygens (including phenoxy) is 1. The van der Waals surface area contributed by atoms with Crippen molar-refractivity contribution in [1.29, 1.82) is 0 Å². The molecule has 36 heavy (non-hydrogen) atoms. The van der Waals surface area contributed by atoms with Gasteiger partial charge in [0.25, 0.3) is 0 Å². The summed E-state index contributed by atoms with van der Waals surface area (Å²) in [7, 11) is 1.98. The molecule has 5 nitrogen and oxygen atoms in total. The highest BCUT2D eigenvalue weighted by molar-refractivity contribution is 7.10. The first kappa shape index (κ1) is 26.4. The number of rotatable bonds is 11. The molecule has 6 heteroatoms. The van der Waals surface area contributed by atoms with Gasteiger partial charge in [0.05, 0.1) is 0 Å². The van der Waals surface area contributed by atoms with Gasteiger partial charge in [0, 0.05) is 54.1 Å². The standard InChI is InChI=1S/C30H39N3O2S/c1-4-30(34)33(24-11-6-5-7-12-24)25-17-20-32(21-18-25)23(2)26-13-8-9-14-27(26)35-28(16-19-31-3)29-15-10-22-36-29/h5-15,22-23,25,28,31H,4,16-21H2,1-3H3/t23-,28?/m1/s1. The molecule has 1 aromatic heterocycles. The van der Waals surface area contributed by atoms with Crippen LogP contribution in [0, 0.1) is 0 Å². The summed E-state index contributed by atoms with van der Waals surface area (Å²) in [5.41, 5.74) is 2.24. The molecule has 3 aromatic rings. The zero-order chi connectivity index (χ0) is 25.3. The molecule has 1 aliphatic rings. The van der Waals surface area contributed by atoms with Crippen LogP contribution in [0.4, 0.5) is 5.69 Å². The fourth-order valence-corrected chi connectivity index (χ4v) is 5.93. The highest BCUT2D eigenvalue weighted by atomic mass is 32.1. The molecule has 0 bridgehead atoms. The van der Waals surface area contributed by atoms with Gasteiger partial charge in [-0.3, -0.25) is 9.69 Å². The third kappa shape index (κ3) is 6.36. The van der Waals surface area contributed by atoms with Gasteiger partial charge in [-0.15, -0.1) is 11.3 Å². The van der Waals surface area contributed by atoms with E-state index in [2.05, 4.69) is 58.9 Å². The first-order valence-corrected chi connectivity index (χ1v) is 14.0. The number of benzene rings is 2.